The highest BCUT2D eigenvalue weighted by Gasteiger charge is 2.12. The lowest BCUT2D eigenvalue weighted by atomic mass is 10.2. The molecule has 0 atom stereocenters. The first-order valence-electron chi connectivity index (χ1n) is 5.29. The van der Waals surface area contributed by atoms with Crippen molar-refractivity contribution >= 4 is 55.8 Å². The smallest absolute Gasteiger partial charge is 0.256 e. The molecule has 0 aliphatic carbocycles. The van der Waals surface area contributed by atoms with Crippen LogP contribution in [0.2, 0.25) is 0 Å². The van der Waals surface area contributed by atoms with Crippen LogP contribution in [-0.4, -0.2) is 5.91 Å². The second-order valence-electron chi connectivity index (χ2n) is 3.82. The molecule has 0 unspecified atom stereocenters. The predicted octanol–water partition coefficient (Wildman–Crippen LogP) is 4.03. The van der Waals surface area contributed by atoms with Crippen molar-refractivity contribution in [1.82, 2.24) is 0 Å². The predicted molar refractivity (Wildman–Crippen MR) is 85.6 cm³/mol. The van der Waals surface area contributed by atoms with Crippen LogP contribution in [0.15, 0.2) is 40.9 Å². The fourth-order valence-electron chi connectivity index (χ4n) is 1.50. The molecule has 0 aromatic heterocycles. The largest absolute Gasteiger partial charge is 0.399 e. The molecule has 1 amide bonds. The fraction of sp³-hybridized carbons (Fsp3) is 0. The summed E-state index contributed by atoms with van der Waals surface area (Å²) in [5, 5.41) is 2.75. The summed E-state index contributed by atoms with van der Waals surface area (Å²) in [6.45, 7) is 0. The maximum Gasteiger partial charge on any atom is 0.256 e. The molecule has 0 saturated heterocycles. The van der Waals surface area contributed by atoms with Crippen molar-refractivity contribution in [3.63, 3.8) is 0 Å². The number of anilines is 2. The highest BCUT2D eigenvalue weighted by atomic mass is 127. The summed E-state index contributed by atoms with van der Waals surface area (Å²) in [5.41, 5.74) is 7.26. The van der Waals surface area contributed by atoms with E-state index in [2.05, 4.69) is 21.2 Å². The first kappa shape index (κ1) is 14.3. The lowest BCUT2D eigenvalue weighted by molar-refractivity contribution is 0.102. The van der Waals surface area contributed by atoms with Crippen LogP contribution in [0.5, 0.6) is 0 Å². The third kappa shape index (κ3) is 3.44. The number of nitrogen functional groups attached to an aromatic ring is 1. The van der Waals surface area contributed by atoms with Crippen molar-refractivity contribution < 1.29 is 9.18 Å². The van der Waals surface area contributed by atoms with Crippen LogP contribution in [0.3, 0.4) is 0 Å². The molecule has 6 heteroatoms. The number of hydrogen-bond acceptors (Lipinski definition) is 2. The Labute approximate surface area is 131 Å². The van der Waals surface area contributed by atoms with E-state index in [0.29, 0.717) is 25.0 Å². The van der Waals surface area contributed by atoms with E-state index in [0.717, 1.165) is 0 Å². The molecule has 2 aromatic rings. The minimum absolute atomic E-state index is 0.296. The van der Waals surface area contributed by atoms with Crippen LogP contribution in [0, 0.1) is 9.39 Å². The third-order valence-electron chi connectivity index (χ3n) is 2.42. The summed E-state index contributed by atoms with van der Waals surface area (Å²) < 4.78 is 14.2. The summed E-state index contributed by atoms with van der Waals surface area (Å²) in [5.74, 6) is -0.663. The fourth-order valence-corrected chi connectivity index (χ4v) is 2.71. The number of amides is 1. The molecule has 3 nitrogen and oxygen atoms in total. The number of carbonyl (C=O) groups is 1. The van der Waals surface area contributed by atoms with Gasteiger partial charge in [0.25, 0.3) is 5.91 Å². The number of nitrogens with one attached hydrogen (secondary N) is 1. The molecule has 0 radical (unpaired) electrons. The number of nitrogens with two attached hydrogens (primary N) is 1. The Hall–Kier alpha value is -1.15. The van der Waals surface area contributed by atoms with Gasteiger partial charge in [-0.15, -0.1) is 0 Å². The van der Waals surface area contributed by atoms with Crippen molar-refractivity contribution in [3.05, 3.63) is 55.8 Å². The van der Waals surface area contributed by atoms with Crippen molar-refractivity contribution in [3.8, 4) is 0 Å². The molecule has 0 aliphatic rings. The lowest BCUT2D eigenvalue weighted by Gasteiger charge is -2.09. The van der Waals surface area contributed by atoms with Crippen LogP contribution in [0.4, 0.5) is 15.8 Å². The molecule has 2 aromatic carbocycles. The number of rotatable bonds is 2. The number of carbonyl (C=O) groups excluding carboxylic acids is 1. The Bertz CT molecular complexity index is 649. The first-order valence-corrected chi connectivity index (χ1v) is 7.16. The van der Waals surface area contributed by atoms with E-state index in [9.17, 15) is 9.18 Å². The van der Waals surface area contributed by atoms with Gasteiger partial charge in [-0.1, -0.05) is 0 Å². The molecule has 98 valence electrons. The molecule has 0 spiro atoms. The van der Waals surface area contributed by atoms with E-state index in [1.165, 1.54) is 18.2 Å². The highest BCUT2D eigenvalue weighted by molar-refractivity contribution is 14.1. The van der Waals surface area contributed by atoms with Gasteiger partial charge in [0.1, 0.15) is 5.82 Å². The Balaban J connectivity index is 2.25. The van der Waals surface area contributed by atoms with E-state index in [1.54, 1.807) is 18.2 Å². The average Bonchev–Trinajstić information content (AvgIpc) is 2.32. The summed E-state index contributed by atoms with van der Waals surface area (Å²) in [6.07, 6.45) is 0. The minimum atomic E-state index is -0.366. The van der Waals surface area contributed by atoms with Gasteiger partial charge < -0.3 is 11.1 Å². The topological polar surface area (TPSA) is 55.1 Å². The molecule has 0 heterocycles. The zero-order valence-corrected chi connectivity index (χ0v) is 13.3. The van der Waals surface area contributed by atoms with Crippen LogP contribution in [0.1, 0.15) is 10.4 Å². The van der Waals surface area contributed by atoms with Gasteiger partial charge in [0, 0.05) is 13.7 Å². The lowest BCUT2D eigenvalue weighted by Crippen LogP contribution is -2.14. The van der Waals surface area contributed by atoms with Gasteiger partial charge in [-0.3, -0.25) is 4.79 Å². The zero-order valence-electron chi connectivity index (χ0n) is 9.58. The maximum absolute atomic E-state index is 13.0. The minimum Gasteiger partial charge on any atom is -0.399 e. The third-order valence-corrected chi connectivity index (χ3v) is 3.97. The summed E-state index contributed by atoms with van der Waals surface area (Å²) >= 11 is 5.25. The molecule has 0 bridgehead atoms. The number of benzene rings is 2. The second-order valence-corrected chi connectivity index (χ2v) is 5.83. The maximum atomic E-state index is 13.0. The van der Waals surface area contributed by atoms with Crippen molar-refractivity contribution in [2.75, 3.05) is 11.1 Å². The van der Waals surface area contributed by atoms with Gasteiger partial charge in [0.05, 0.1) is 11.3 Å². The van der Waals surface area contributed by atoms with Crippen molar-refractivity contribution in [1.29, 1.82) is 0 Å². The van der Waals surface area contributed by atoms with E-state index in [4.69, 9.17) is 5.73 Å². The van der Waals surface area contributed by atoms with Gasteiger partial charge in [0.2, 0.25) is 0 Å². The monoisotopic (exact) mass is 434 g/mol. The average molecular weight is 435 g/mol. The van der Waals surface area contributed by atoms with Crippen LogP contribution >= 0.6 is 38.5 Å². The van der Waals surface area contributed by atoms with Gasteiger partial charge in [0.15, 0.2) is 0 Å². The van der Waals surface area contributed by atoms with Crippen LogP contribution < -0.4 is 11.1 Å². The van der Waals surface area contributed by atoms with E-state index < -0.39 is 0 Å². The summed E-state index contributed by atoms with van der Waals surface area (Å²) in [4.78, 5) is 12.1. The molecule has 2 rings (SSSR count). The molecule has 0 aliphatic heterocycles. The zero-order chi connectivity index (χ0) is 14.0. The van der Waals surface area contributed by atoms with Gasteiger partial charge in [-0.05, 0) is 74.9 Å². The second kappa shape index (κ2) is 5.87. The molecule has 19 heavy (non-hydrogen) atoms. The number of hydrogen-bond donors (Lipinski definition) is 2. The normalized spacial score (nSPS) is 10.3. The molecular weight excluding hydrogens is 426 g/mol. The molecule has 0 fully saturated rings. The summed E-state index contributed by atoms with van der Waals surface area (Å²) in [7, 11) is 0. The molecular formula is C13H9BrFIN2O. The van der Waals surface area contributed by atoms with Gasteiger partial charge in [-0.25, -0.2) is 4.39 Å². The molecule has 0 saturated carbocycles. The Morgan fingerprint density at radius 2 is 2.00 bits per heavy atom. The van der Waals surface area contributed by atoms with Crippen molar-refractivity contribution in [2.45, 2.75) is 0 Å². The van der Waals surface area contributed by atoms with Crippen LogP contribution in [-0.2, 0) is 0 Å². The van der Waals surface area contributed by atoms with Gasteiger partial charge >= 0.3 is 0 Å². The van der Waals surface area contributed by atoms with Crippen molar-refractivity contribution in [2.24, 2.45) is 0 Å². The van der Waals surface area contributed by atoms with Crippen LogP contribution in [0.25, 0.3) is 0 Å². The Kier molecular flexibility index (Phi) is 4.41. The summed E-state index contributed by atoms with van der Waals surface area (Å²) in [6, 6.07) is 9.12. The number of halogens is 3. The molecule has 3 N–H and O–H groups in total. The standard InChI is InChI=1S/C13H9BrFIN2O/c14-10-6-8(17)2-4-12(10)18-13(19)9-3-1-7(15)5-11(9)16/h1-6H,17H2,(H,18,19). The SMILES string of the molecule is Nc1ccc(NC(=O)c2ccc(F)cc2I)c(Br)c1. The highest BCUT2D eigenvalue weighted by Crippen LogP contribution is 2.25. The quantitative estimate of drug-likeness (QED) is 0.553. The Morgan fingerprint density at radius 3 is 2.63 bits per heavy atom. The first-order chi connectivity index (χ1) is 8.97. The Morgan fingerprint density at radius 1 is 1.26 bits per heavy atom. The van der Waals surface area contributed by atoms with Gasteiger partial charge in [-0.2, -0.15) is 0 Å². The van der Waals surface area contributed by atoms with E-state index in [-0.39, 0.29) is 11.7 Å². The van der Waals surface area contributed by atoms with E-state index >= 15 is 0 Å². The van der Waals surface area contributed by atoms with E-state index in [1.807, 2.05) is 22.6 Å².